The fraction of sp³-hybridized carbons (Fsp3) is 0.318. The van der Waals surface area contributed by atoms with Gasteiger partial charge in [0.25, 0.3) is 0 Å². The van der Waals surface area contributed by atoms with Crippen LogP contribution in [0.25, 0.3) is 11.3 Å². The van der Waals surface area contributed by atoms with E-state index in [4.69, 9.17) is 0 Å². The Balaban J connectivity index is 1.53. The van der Waals surface area contributed by atoms with Crippen molar-refractivity contribution in [3.63, 3.8) is 0 Å². The first-order chi connectivity index (χ1) is 13.3. The number of ketones is 1. The molecule has 2 heterocycles. The Kier molecular flexibility index (Phi) is 7.11. The lowest BCUT2D eigenvalue weighted by Crippen LogP contribution is -1.99. The smallest absolute Gasteiger partial charge is 0.187 e. The van der Waals surface area contributed by atoms with E-state index in [1.165, 1.54) is 19.3 Å². The summed E-state index contributed by atoms with van der Waals surface area (Å²) in [5.74, 6) is 0.228. The van der Waals surface area contributed by atoms with Crippen LogP contribution in [-0.4, -0.2) is 15.8 Å². The van der Waals surface area contributed by atoms with E-state index >= 15 is 0 Å². The lowest BCUT2D eigenvalue weighted by molar-refractivity contribution is 0.0979. The quantitative estimate of drug-likeness (QED) is 0.323. The van der Waals surface area contributed by atoms with Crippen molar-refractivity contribution in [1.29, 1.82) is 0 Å². The predicted molar refractivity (Wildman–Crippen MR) is 113 cm³/mol. The van der Waals surface area contributed by atoms with Crippen LogP contribution in [0.3, 0.4) is 0 Å². The normalized spacial score (nSPS) is 10.7. The Morgan fingerprint density at radius 1 is 1.07 bits per heavy atom. The summed E-state index contributed by atoms with van der Waals surface area (Å²) in [5, 5.41) is 6.13. The van der Waals surface area contributed by atoms with Crippen LogP contribution in [0.1, 0.15) is 55.8 Å². The van der Waals surface area contributed by atoms with Crippen LogP contribution in [0.5, 0.6) is 0 Å². The highest BCUT2D eigenvalue weighted by Gasteiger charge is 2.07. The summed E-state index contributed by atoms with van der Waals surface area (Å²) in [5.41, 5.74) is 3.62. The van der Waals surface area contributed by atoms with Gasteiger partial charge in [0.1, 0.15) is 0 Å². The number of anilines is 2. The van der Waals surface area contributed by atoms with Crippen LogP contribution in [-0.2, 0) is 0 Å². The molecular weight excluding hydrogens is 354 g/mol. The summed E-state index contributed by atoms with van der Waals surface area (Å²) in [6, 6.07) is 11.6. The highest BCUT2D eigenvalue weighted by molar-refractivity contribution is 7.14. The monoisotopic (exact) mass is 379 g/mol. The molecule has 5 heteroatoms. The molecule has 27 heavy (non-hydrogen) atoms. The lowest BCUT2D eigenvalue weighted by atomic mass is 10.0. The molecule has 1 aromatic carbocycles. The number of hydrogen-bond donors (Lipinski definition) is 1. The molecule has 0 radical (unpaired) electrons. The van der Waals surface area contributed by atoms with Crippen molar-refractivity contribution in [2.75, 3.05) is 5.32 Å². The van der Waals surface area contributed by atoms with Gasteiger partial charge in [0.05, 0.1) is 5.69 Å². The van der Waals surface area contributed by atoms with Gasteiger partial charge in [-0.2, -0.15) is 0 Å². The predicted octanol–water partition coefficient (Wildman–Crippen LogP) is 6.49. The molecule has 3 aromatic rings. The number of carbonyl (C=O) groups is 1. The first-order valence-electron chi connectivity index (χ1n) is 9.52. The summed E-state index contributed by atoms with van der Waals surface area (Å²) in [4.78, 5) is 21.0. The van der Waals surface area contributed by atoms with Gasteiger partial charge in [-0.05, 0) is 42.8 Å². The molecule has 0 unspecified atom stereocenters. The van der Waals surface area contributed by atoms with Crippen molar-refractivity contribution in [3.05, 3.63) is 59.7 Å². The van der Waals surface area contributed by atoms with Gasteiger partial charge in [0.15, 0.2) is 10.9 Å². The Labute approximate surface area is 164 Å². The molecule has 0 aliphatic rings. The van der Waals surface area contributed by atoms with E-state index in [0.29, 0.717) is 6.42 Å². The Morgan fingerprint density at radius 3 is 2.63 bits per heavy atom. The van der Waals surface area contributed by atoms with Gasteiger partial charge in [-0.3, -0.25) is 9.78 Å². The molecule has 0 spiro atoms. The van der Waals surface area contributed by atoms with Crippen molar-refractivity contribution >= 4 is 27.9 Å². The second-order valence-electron chi connectivity index (χ2n) is 6.57. The number of rotatable bonds is 10. The van der Waals surface area contributed by atoms with E-state index in [1.807, 2.05) is 48.0 Å². The summed E-state index contributed by atoms with van der Waals surface area (Å²) in [6.07, 6.45) is 10.0. The fourth-order valence-electron chi connectivity index (χ4n) is 2.87. The number of hydrogen-bond acceptors (Lipinski definition) is 5. The van der Waals surface area contributed by atoms with E-state index in [9.17, 15) is 4.79 Å². The summed E-state index contributed by atoms with van der Waals surface area (Å²) < 4.78 is 0. The van der Waals surface area contributed by atoms with Crippen molar-refractivity contribution in [2.24, 2.45) is 0 Å². The van der Waals surface area contributed by atoms with Gasteiger partial charge < -0.3 is 5.32 Å². The molecule has 2 aromatic heterocycles. The SMILES string of the molecule is CCCCCCCC(=O)c1ccc(Nc2nc(-c3cccnc3)cs2)cc1. The number of pyridine rings is 1. The number of benzene rings is 1. The molecule has 0 bridgehead atoms. The Morgan fingerprint density at radius 2 is 1.89 bits per heavy atom. The zero-order valence-electron chi connectivity index (χ0n) is 15.6. The third-order valence-electron chi connectivity index (χ3n) is 4.43. The molecular formula is C22H25N3OS. The highest BCUT2D eigenvalue weighted by atomic mass is 32.1. The van der Waals surface area contributed by atoms with E-state index in [-0.39, 0.29) is 5.78 Å². The molecule has 140 valence electrons. The number of nitrogens with one attached hydrogen (secondary N) is 1. The van der Waals surface area contributed by atoms with E-state index < -0.39 is 0 Å². The van der Waals surface area contributed by atoms with E-state index in [1.54, 1.807) is 17.5 Å². The first kappa shape index (κ1) is 19.2. The van der Waals surface area contributed by atoms with E-state index in [2.05, 4.69) is 22.2 Å². The zero-order valence-corrected chi connectivity index (χ0v) is 16.5. The maximum Gasteiger partial charge on any atom is 0.187 e. The third kappa shape index (κ3) is 5.73. The second-order valence-corrected chi connectivity index (χ2v) is 7.43. The van der Waals surface area contributed by atoms with Gasteiger partial charge in [-0.25, -0.2) is 4.98 Å². The highest BCUT2D eigenvalue weighted by Crippen LogP contribution is 2.26. The first-order valence-corrected chi connectivity index (χ1v) is 10.4. The standard InChI is InChI=1S/C22H25N3OS/c1-2-3-4-5-6-9-21(26)17-10-12-19(13-11-17)24-22-25-20(16-27-22)18-8-7-14-23-15-18/h7-8,10-16H,2-6,9H2,1H3,(H,24,25). The number of nitrogens with zero attached hydrogens (tertiary/aromatic N) is 2. The maximum absolute atomic E-state index is 12.3. The minimum Gasteiger partial charge on any atom is -0.332 e. The van der Waals surface area contributed by atoms with Crippen molar-refractivity contribution in [2.45, 2.75) is 45.4 Å². The fourth-order valence-corrected chi connectivity index (χ4v) is 3.61. The van der Waals surface area contributed by atoms with Gasteiger partial charge in [0.2, 0.25) is 0 Å². The molecule has 0 saturated carbocycles. The topological polar surface area (TPSA) is 54.9 Å². The molecule has 3 rings (SSSR count). The molecule has 0 fully saturated rings. The zero-order chi connectivity index (χ0) is 18.9. The minimum atomic E-state index is 0.228. The Bertz CT molecular complexity index is 844. The summed E-state index contributed by atoms with van der Waals surface area (Å²) in [7, 11) is 0. The van der Waals surface area contributed by atoms with Crippen LogP contribution < -0.4 is 5.32 Å². The van der Waals surface area contributed by atoms with Crippen LogP contribution in [0.15, 0.2) is 54.2 Å². The average molecular weight is 380 g/mol. The number of thiazole rings is 1. The number of carbonyl (C=O) groups excluding carboxylic acids is 1. The van der Waals surface area contributed by atoms with Crippen molar-refractivity contribution in [3.8, 4) is 11.3 Å². The van der Waals surface area contributed by atoms with Gasteiger partial charge in [-0.15, -0.1) is 11.3 Å². The lowest BCUT2D eigenvalue weighted by Gasteiger charge is -2.05. The minimum absolute atomic E-state index is 0.228. The number of unbranched alkanes of at least 4 members (excludes halogenated alkanes) is 4. The molecule has 0 amide bonds. The summed E-state index contributed by atoms with van der Waals surface area (Å²) >= 11 is 1.55. The van der Waals surface area contributed by atoms with Crippen LogP contribution in [0.4, 0.5) is 10.8 Å². The average Bonchev–Trinajstić information content (AvgIpc) is 3.17. The number of Topliss-reactive ketones (excluding diaryl/α,β-unsaturated/α-hetero) is 1. The number of aromatic nitrogens is 2. The Hall–Kier alpha value is -2.53. The molecule has 0 atom stereocenters. The van der Waals surface area contributed by atoms with Crippen LogP contribution >= 0.6 is 11.3 Å². The van der Waals surface area contributed by atoms with Gasteiger partial charge in [-0.1, -0.05) is 32.6 Å². The largest absolute Gasteiger partial charge is 0.332 e. The van der Waals surface area contributed by atoms with Gasteiger partial charge in [0, 0.05) is 41.0 Å². The summed E-state index contributed by atoms with van der Waals surface area (Å²) in [6.45, 7) is 2.20. The van der Waals surface area contributed by atoms with Gasteiger partial charge >= 0.3 is 0 Å². The molecule has 1 N–H and O–H groups in total. The molecule has 4 nitrogen and oxygen atoms in total. The van der Waals surface area contributed by atoms with Crippen LogP contribution in [0, 0.1) is 0 Å². The van der Waals surface area contributed by atoms with Crippen molar-refractivity contribution < 1.29 is 4.79 Å². The van der Waals surface area contributed by atoms with E-state index in [0.717, 1.165) is 40.5 Å². The van der Waals surface area contributed by atoms with Crippen LogP contribution in [0.2, 0.25) is 0 Å². The second kappa shape index (κ2) is 9.97. The molecule has 0 saturated heterocycles. The van der Waals surface area contributed by atoms with Crippen molar-refractivity contribution in [1.82, 2.24) is 9.97 Å². The molecule has 0 aliphatic carbocycles. The third-order valence-corrected chi connectivity index (χ3v) is 5.18. The maximum atomic E-state index is 12.3. The molecule has 0 aliphatic heterocycles.